The van der Waals surface area contributed by atoms with Crippen molar-refractivity contribution in [3.63, 3.8) is 0 Å². The van der Waals surface area contributed by atoms with Crippen LogP contribution in [0.1, 0.15) is 56.3 Å². The number of nitrogens with one attached hydrogen (secondary N) is 1. The summed E-state index contributed by atoms with van der Waals surface area (Å²) in [5.74, 6) is 0. The number of aromatic nitrogens is 1. The summed E-state index contributed by atoms with van der Waals surface area (Å²) in [7, 11) is -2.98. The Balaban J connectivity index is 1.99. The van der Waals surface area contributed by atoms with Crippen LogP contribution in [0, 0.1) is 0 Å². The molecule has 1 heterocycles. The van der Waals surface area contributed by atoms with Gasteiger partial charge in [0.2, 0.25) is 0 Å². The predicted octanol–water partition coefficient (Wildman–Crippen LogP) is 2.89. The van der Waals surface area contributed by atoms with E-state index in [1.165, 1.54) is 11.1 Å². The molecule has 6 heteroatoms. The number of rotatable bonds is 4. The van der Waals surface area contributed by atoms with Crippen LogP contribution in [0.25, 0.3) is 0 Å². The van der Waals surface area contributed by atoms with Gasteiger partial charge in [-0.2, -0.15) is 0 Å². The van der Waals surface area contributed by atoms with Crippen LogP contribution in [-0.2, 0) is 21.8 Å². The van der Waals surface area contributed by atoms with Crippen molar-refractivity contribution < 1.29 is 8.42 Å². The van der Waals surface area contributed by atoms with Crippen LogP contribution in [0.3, 0.4) is 0 Å². The Labute approximate surface area is 132 Å². The zero-order valence-electron chi connectivity index (χ0n) is 13.3. The molecule has 1 aromatic rings. The van der Waals surface area contributed by atoms with Crippen molar-refractivity contribution in [2.75, 3.05) is 6.26 Å². The third-order valence-electron chi connectivity index (χ3n) is 4.06. The van der Waals surface area contributed by atoms with E-state index in [1.54, 1.807) is 11.3 Å². The zero-order chi connectivity index (χ0) is 15.7. The van der Waals surface area contributed by atoms with Gasteiger partial charge in [-0.05, 0) is 18.3 Å². The van der Waals surface area contributed by atoms with Crippen molar-refractivity contribution in [1.82, 2.24) is 10.3 Å². The first-order chi connectivity index (χ1) is 9.68. The fourth-order valence-electron chi connectivity index (χ4n) is 2.80. The minimum atomic E-state index is -2.98. The van der Waals surface area contributed by atoms with Gasteiger partial charge >= 0.3 is 0 Å². The maximum atomic E-state index is 11.9. The molecule has 0 aliphatic heterocycles. The fraction of sp³-hybridized carbons (Fsp3) is 0.800. The molecule has 1 aliphatic rings. The van der Waals surface area contributed by atoms with Gasteiger partial charge in [0.1, 0.15) is 5.01 Å². The van der Waals surface area contributed by atoms with E-state index >= 15 is 0 Å². The van der Waals surface area contributed by atoms with E-state index in [9.17, 15) is 8.42 Å². The summed E-state index contributed by atoms with van der Waals surface area (Å²) >= 11 is 1.71. The number of sulfone groups is 1. The zero-order valence-corrected chi connectivity index (χ0v) is 15.0. The second-order valence-electron chi connectivity index (χ2n) is 7.01. The van der Waals surface area contributed by atoms with Crippen molar-refractivity contribution in [2.24, 2.45) is 0 Å². The van der Waals surface area contributed by atoms with Crippen molar-refractivity contribution in [3.05, 3.63) is 16.1 Å². The smallest absolute Gasteiger partial charge is 0.151 e. The summed E-state index contributed by atoms with van der Waals surface area (Å²) in [5, 5.41) is 4.23. The lowest BCUT2D eigenvalue weighted by Gasteiger charge is -2.30. The highest BCUT2D eigenvalue weighted by Crippen LogP contribution is 2.28. The molecule has 2 rings (SSSR count). The highest BCUT2D eigenvalue weighted by Gasteiger charge is 2.32. The summed E-state index contributed by atoms with van der Waals surface area (Å²) in [6.45, 7) is 7.20. The molecular weight excluding hydrogens is 304 g/mol. The van der Waals surface area contributed by atoms with Crippen molar-refractivity contribution >= 4 is 21.2 Å². The second kappa shape index (κ2) is 6.34. The molecular formula is C15H26N2O2S2. The Morgan fingerprint density at radius 1 is 1.33 bits per heavy atom. The molecule has 0 aromatic carbocycles. The quantitative estimate of drug-likeness (QED) is 0.922. The van der Waals surface area contributed by atoms with Crippen LogP contribution in [0.4, 0.5) is 0 Å². The summed E-state index contributed by atoms with van der Waals surface area (Å²) < 4.78 is 23.8. The Bertz CT molecular complexity index is 573. The van der Waals surface area contributed by atoms with Crippen molar-refractivity contribution in [2.45, 2.75) is 69.7 Å². The first-order valence-corrected chi connectivity index (χ1v) is 10.3. The normalized spacial score (nSPS) is 24.2. The highest BCUT2D eigenvalue weighted by atomic mass is 32.2. The Hall–Kier alpha value is -0.460. The molecule has 1 fully saturated rings. The molecule has 0 amide bonds. The van der Waals surface area contributed by atoms with Gasteiger partial charge in [-0.15, -0.1) is 11.3 Å². The molecule has 0 saturated heterocycles. The van der Waals surface area contributed by atoms with Crippen LogP contribution in [0.5, 0.6) is 0 Å². The van der Waals surface area contributed by atoms with Crippen molar-refractivity contribution in [3.8, 4) is 0 Å². The van der Waals surface area contributed by atoms with Gasteiger partial charge < -0.3 is 5.32 Å². The number of hydrogen-bond donors (Lipinski definition) is 1. The Morgan fingerprint density at radius 2 is 2.00 bits per heavy atom. The first-order valence-electron chi connectivity index (χ1n) is 7.55. The Kier molecular flexibility index (Phi) is 5.11. The lowest BCUT2D eigenvalue weighted by Crippen LogP contribution is -2.45. The monoisotopic (exact) mass is 330 g/mol. The van der Waals surface area contributed by atoms with E-state index in [1.807, 2.05) is 6.20 Å². The average molecular weight is 331 g/mol. The molecule has 2 atom stereocenters. The average Bonchev–Trinajstić information content (AvgIpc) is 2.84. The summed E-state index contributed by atoms with van der Waals surface area (Å²) in [6.07, 6.45) is 7.14. The standard InChI is InChI=1S/C15H26N2O2S2/c1-15(2,3)13-9-17-14(20-13)10-16-11-7-5-6-8-12(11)21(4,18)19/h9,11-12,16H,5-8,10H2,1-4H3/t11-,12-/m1/s1. The number of thiazole rings is 1. The molecule has 0 spiro atoms. The summed E-state index contributed by atoms with van der Waals surface area (Å²) in [5.41, 5.74) is 0.121. The van der Waals surface area contributed by atoms with Gasteiger partial charge in [-0.3, -0.25) is 0 Å². The largest absolute Gasteiger partial charge is 0.306 e. The van der Waals surface area contributed by atoms with E-state index in [4.69, 9.17) is 0 Å². The van der Waals surface area contributed by atoms with Gasteiger partial charge in [0, 0.05) is 29.9 Å². The number of nitrogens with zero attached hydrogens (tertiary/aromatic N) is 1. The molecule has 4 nitrogen and oxygen atoms in total. The molecule has 1 aliphatic carbocycles. The molecule has 120 valence electrons. The second-order valence-corrected chi connectivity index (χ2v) is 10.4. The van der Waals surface area contributed by atoms with Gasteiger partial charge in [0.15, 0.2) is 9.84 Å². The van der Waals surface area contributed by atoms with E-state index in [0.29, 0.717) is 6.54 Å². The topological polar surface area (TPSA) is 59.1 Å². The van der Waals surface area contributed by atoms with Gasteiger partial charge in [0.05, 0.1) is 5.25 Å². The lowest BCUT2D eigenvalue weighted by atomic mass is 9.95. The van der Waals surface area contributed by atoms with E-state index in [0.717, 1.165) is 30.7 Å². The maximum absolute atomic E-state index is 11.9. The molecule has 0 radical (unpaired) electrons. The van der Waals surface area contributed by atoms with E-state index in [2.05, 4.69) is 31.1 Å². The number of hydrogen-bond acceptors (Lipinski definition) is 5. The molecule has 0 unspecified atom stereocenters. The first kappa shape index (κ1) is 16.9. The third-order valence-corrected chi connectivity index (χ3v) is 7.15. The molecule has 0 bridgehead atoms. The minimum Gasteiger partial charge on any atom is -0.306 e. The van der Waals surface area contributed by atoms with Crippen LogP contribution in [-0.4, -0.2) is 30.9 Å². The van der Waals surface area contributed by atoms with Crippen LogP contribution in [0.15, 0.2) is 6.20 Å². The predicted molar refractivity (Wildman–Crippen MR) is 88.5 cm³/mol. The van der Waals surface area contributed by atoms with Gasteiger partial charge in [-0.1, -0.05) is 33.6 Å². The third kappa shape index (κ3) is 4.50. The minimum absolute atomic E-state index is 0.0655. The summed E-state index contributed by atoms with van der Waals surface area (Å²) in [4.78, 5) is 5.73. The molecule has 1 saturated carbocycles. The van der Waals surface area contributed by atoms with Crippen LogP contribution in [0.2, 0.25) is 0 Å². The van der Waals surface area contributed by atoms with Crippen molar-refractivity contribution in [1.29, 1.82) is 0 Å². The summed E-state index contributed by atoms with van der Waals surface area (Å²) in [6, 6.07) is 0.0655. The van der Waals surface area contributed by atoms with Crippen LogP contribution < -0.4 is 5.32 Å². The van der Waals surface area contributed by atoms with Gasteiger partial charge in [0.25, 0.3) is 0 Å². The SMILES string of the molecule is CC(C)(C)c1cnc(CN[C@@H]2CCCC[C@H]2S(C)(=O)=O)s1. The van der Waals surface area contributed by atoms with E-state index < -0.39 is 9.84 Å². The highest BCUT2D eigenvalue weighted by molar-refractivity contribution is 7.91. The fourth-order valence-corrected chi connectivity index (χ4v) is 5.15. The molecule has 21 heavy (non-hydrogen) atoms. The van der Waals surface area contributed by atoms with Crippen LogP contribution >= 0.6 is 11.3 Å². The van der Waals surface area contributed by atoms with E-state index in [-0.39, 0.29) is 16.7 Å². The molecule has 1 aromatic heterocycles. The maximum Gasteiger partial charge on any atom is 0.151 e. The lowest BCUT2D eigenvalue weighted by molar-refractivity contribution is 0.370. The van der Waals surface area contributed by atoms with Gasteiger partial charge in [-0.25, -0.2) is 13.4 Å². The molecule has 1 N–H and O–H groups in total. The Morgan fingerprint density at radius 3 is 2.57 bits per heavy atom.